The fourth-order valence-electron chi connectivity index (χ4n) is 3.36. The van der Waals surface area contributed by atoms with Gasteiger partial charge in [0, 0.05) is 36.9 Å². The van der Waals surface area contributed by atoms with Gasteiger partial charge in [0.25, 0.3) is 0 Å². The van der Waals surface area contributed by atoms with Gasteiger partial charge < -0.3 is 5.32 Å². The summed E-state index contributed by atoms with van der Waals surface area (Å²) in [5, 5.41) is 7.28. The van der Waals surface area contributed by atoms with Gasteiger partial charge in [0.05, 0.1) is 0 Å². The van der Waals surface area contributed by atoms with Crippen LogP contribution in [0.1, 0.15) is 32.4 Å². The fraction of sp³-hybridized carbons (Fsp3) is 0.529. The van der Waals surface area contributed by atoms with Crippen LogP contribution in [0.15, 0.2) is 29.6 Å². The third kappa shape index (κ3) is 2.62. The molecule has 0 amide bonds. The first-order valence-corrected chi connectivity index (χ1v) is 8.36. The van der Waals surface area contributed by atoms with E-state index in [0.717, 1.165) is 26.2 Å². The summed E-state index contributed by atoms with van der Waals surface area (Å²) in [6.45, 7) is 11.6. The lowest BCUT2D eigenvalue weighted by atomic mass is 9.81. The molecule has 0 radical (unpaired) electrons. The zero-order valence-electron chi connectivity index (χ0n) is 12.6. The predicted octanol–water partition coefficient (Wildman–Crippen LogP) is 3.89. The average Bonchev–Trinajstić information content (AvgIpc) is 2.83. The van der Waals surface area contributed by atoms with Crippen molar-refractivity contribution in [3.05, 3.63) is 35.2 Å². The fourth-order valence-corrected chi connectivity index (χ4v) is 4.34. The van der Waals surface area contributed by atoms with Crippen molar-refractivity contribution in [3.63, 3.8) is 0 Å². The van der Waals surface area contributed by atoms with Gasteiger partial charge in [-0.1, -0.05) is 39.0 Å². The van der Waals surface area contributed by atoms with Gasteiger partial charge in [0.1, 0.15) is 0 Å². The number of thiophene rings is 1. The molecule has 108 valence electrons. The molecule has 3 heteroatoms. The van der Waals surface area contributed by atoms with Gasteiger partial charge in [-0.05, 0) is 27.8 Å². The largest absolute Gasteiger partial charge is 0.314 e. The highest BCUT2D eigenvalue weighted by molar-refractivity contribution is 7.17. The molecule has 1 saturated heterocycles. The molecular weight excluding hydrogens is 264 g/mol. The summed E-state index contributed by atoms with van der Waals surface area (Å²) in [5.74, 6) is 0. The van der Waals surface area contributed by atoms with E-state index in [4.69, 9.17) is 0 Å². The van der Waals surface area contributed by atoms with E-state index < -0.39 is 0 Å². The Bertz CT molecular complexity index is 576. The molecule has 0 bridgehead atoms. The molecular formula is C17H24N2S. The summed E-state index contributed by atoms with van der Waals surface area (Å²) in [7, 11) is 0. The molecule has 1 aliphatic heterocycles. The summed E-state index contributed by atoms with van der Waals surface area (Å²) in [6, 6.07) is 9.32. The van der Waals surface area contributed by atoms with Crippen molar-refractivity contribution in [2.45, 2.75) is 26.8 Å². The third-order valence-corrected chi connectivity index (χ3v) is 5.12. The van der Waals surface area contributed by atoms with E-state index in [0.29, 0.717) is 6.04 Å². The van der Waals surface area contributed by atoms with Crippen LogP contribution in [0, 0.1) is 5.41 Å². The molecule has 3 rings (SSSR count). The lowest BCUT2D eigenvalue weighted by Gasteiger charge is -2.42. The van der Waals surface area contributed by atoms with Crippen molar-refractivity contribution in [2.24, 2.45) is 5.41 Å². The second-order valence-corrected chi connectivity index (χ2v) is 7.65. The Balaban J connectivity index is 2.04. The third-order valence-electron chi connectivity index (χ3n) is 4.14. The first-order valence-electron chi connectivity index (χ1n) is 7.48. The molecule has 1 aromatic carbocycles. The van der Waals surface area contributed by atoms with Crippen LogP contribution in [0.5, 0.6) is 0 Å². The molecule has 2 aromatic rings. The number of benzene rings is 1. The van der Waals surface area contributed by atoms with Gasteiger partial charge >= 0.3 is 0 Å². The molecule has 1 atom stereocenters. The van der Waals surface area contributed by atoms with Crippen molar-refractivity contribution in [3.8, 4) is 0 Å². The summed E-state index contributed by atoms with van der Waals surface area (Å²) in [4.78, 5) is 2.66. The normalized spacial score (nSPS) is 19.4. The van der Waals surface area contributed by atoms with E-state index in [1.54, 1.807) is 0 Å². The van der Waals surface area contributed by atoms with Gasteiger partial charge in [0.2, 0.25) is 0 Å². The predicted molar refractivity (Wildman–Crippen MR) is 88.5 cm³/mol. The summed E-state index contributed by atoms with van der Waals surface area (Å²) in [5.41, 5.74) is 1.77. The Labute approximate surface area is 125 Å². The molecule has 2 nitrogen and oxygen atoms in total. The van der Waals surface area contributed by atoms with E-state index in [-0.39, 0.29) is 5.41 Å². The van der Waals surface area contributed by atoms with Gasteiger partial charge in [-0.25, -0.2) is 0 Å². The van der Waals surface area contributed by atoms with E-state index >= 15 is 0 Å². The smallest absolute Gasteiger partial charge is 0.0411 e. The standard InChI is InChI=1S/C17H24N2S/c1-17(2,3)16(19-10-8-18-9-11-19)14-12-20-15-7-5-4-6-13(14)15/h4-7,12,16,18H,8-11H2,1-3H3/t16-/m1/s1. The van der Waals surface area contributed by atoms with Gasteiger partial charge in [-0.2, -0.15) is 0 Å². The number of fused-ring (bicyclic) bond motifs is 1. The number of nitrogens with zero attached hydrogens (tertiary/aromatic N) is 1. The van der Waals surface area contributed by atoms with Crippen molar-refractivity contribution in [1.29, 1.82) is 0 Å². The minimum absolute atomic E-state index is 0.251. The molecule has 0 spiro atoms. The molecule has 1 fully saturated rings. The van der Waals surface area contributed by atoms with Crippen LogP contribution in [0.2, 0.25) is 0 Å². The monoisotopic (exact) mass is 288 g/mol. The first-order chi connectivity index (χ1) is 9.57. The average molecular weight is 288 g/mol. The Hall–Kier alpha value is -0.900. The molecule has 0 aliphatic carbocycles. The van der Waals surface area contributed by atoms with Gasteiger partial charge in [-0.15, -0.1) is 11.3 Å². The number of piperazine rings is 1. The van der Waals surface area contributed by atoms with Gasteiger partial charge in [-0.3, -0.25) is 4.90 Å². The van der Waals surface area contributed by atoms with Gasteiger partial charge in [0.15, 0.2) is 0 Å². The topological polar surface area (TPSA) is 15.3 Å². The highest BCUT2D eigenvalue weighted by Crippen LogP contribution is 2.42. The van der Waals surface area contributed by atoms with Crippen LogP contribution in [-0.4, -0.2) is 31.1 Å². The lowest BCUT2D eigenvalue weighted by Crippen LogP contribution is -2.48. The van der Waals surface area contributed by atoms with E-state index in [2.05, 4.69) is 60.6 Å². The maximum atomic E-state index is 3.46. The van der Waals surface area contributed by atoms with Crippen molar-refractivity contribution < 1.29 is 0 Å². The minimum Gasteiger partial charge on any atom is -0.314 e. The van der Waals surface area contributed by atoms with Crippen molar-refractivity contribution in [2.75, 3.05) is 26.2 Å². The first kappa shape index (κ1) is 14.1. The number of hydrogen-bond acceptors (Lipinski definition) is 3. The number of hydrogen-bond donors (Lipinski definition) is 1. The van der Waals surface area contributed by atoms with Crippen LogP contribution >= 0.6 is 11.3 Å². The zero-order valence-corrected chi connectivity index (χ0v) is 13.5. The summed E-state index contributed by atoms with van der Waals surface area (Å²) in [6.07, 6.45) is 0. The molecule has 2 heterocycles. The molecule has 1 aromatic heterocycles. The Morgan fingerprint density at radius 2 is 1.85 bits per heavy atom. The SMILES string of the molecule is CC(C)(C)[C@@H](c1csc2ccccc12)N1CCNCC1. The van der Waals surface area contributed by atoms with Crippen LogP contribution in [0.25, 0.3) is 10.1 Å². The highest BCUT2D eigenvalue weighted by atomic mass is 32.1. The maximum absolute atomic E-state index is 3.46. The second kappa shape index (κ2) is 5.47. The van der Waals surface area contributed by atoms with E-state index in [9.17, 15) is 0 Å². The quantitative estimate of drug-likeness (QED) is 0.902. The second-order valence-electron chi connectivity index (χ2n) is 6.74. The number of nitrogens with one attached hydrogen (secondary N) is 1. The van der Waals surface area contributed by atoms with Crippen LogP contribution in [0.3, 0.4) is 0 Å². The zero-order chi connectivity index (χ0) is 14.2. The molecule has 0 saturated carbocycles. The molecule has 20 heavy (non-hydrogen) atoms. The molecule has 1 aliphatic rings. The van der Waals surface area contributed by atoms with E-state index in [1.165, 1.54) is 15.6 Å². The maximum Gasteiger partial charge on any atom is 0.0411 e. The van der Waals surface area contributed by atoms with E-state index in [1.807, 2.05) is 11.3 Å². The minimum atomic E-state index is 0.251. The number of rotatable bonds is 2. The summed E-state index contributed by atoms with van der Waals surface area (Å²) >= 11 is 1.88. The molecule has 1 N–H and O–H groups in total. The highest BCUT2D eigenvalue weighted by Gasteiger charge is 2.33. The molecule has 0 unspecified atom stereocenters. The summed E-state index contributed by atoms with van der Waals surface area (Å²) < 4.78 is 1.41. The van der Waals surface area contributed by atoms with Crippen LogP contribution < -0.4 is 5.32 Å². The Morgan fingerprint density at radius 1 is 1.15 bits per heavy atom. The van der Waals surface area contributed by atoms with Crippen LogP contribution in [0.4, 0.5) is 0 Å². The Kier molecular flexibility index (Phi) is 3.85. The van der Waals surface area contributed by atoms with Crippen LogP contribution in [-0.2, 0) is 0 Å². The Morgan fingerprint density at radius 3 is 2.55 bits per heavy atom. The van der Waals surface area contributed by atoms with Crippen molar-refractivity contribution in [1.82, 2.24) is 10.2 Å². The lowest BCUT2D eigenvalue weighted by molar-refractivity contribution is 0.0875. The van der Waals surface area contributed by atoms with Crippen molar-refractivity contribution >= 4 is 21.4 Å².